The van der Waals surface area contributed by atoms with Gasteiger partial charge in [0.05, 0.1) is 12.2 Å². The van der Waals surface area contributed by atoms with Crippen LogP contribution >= 0.6 is 22.6 Å². The Bertz CT molecular complexity index is 544. The van der Waals surface area contributed by atoms with E-state index in [1.165, 1.54) is 18.5 Å². The van der Waals surface area contributed by atoms with E-state index < -0.39 is 0 Å². The Labute approximate surface area is 140 Å². The number of likely N-dealkylation sites (N-methyl/N-ethyl adjacent to an activating group) is 1. The lowest BCUT2D eigenvalue weighted by Gasteiger charge is -2.40. The zero-order chi connectivity index (χ0) is 14.8. The normalized spacial score (nSPS) is 39.2. The molecule has 1 aliphatic heterocycles. The molecule has 1 aromatic heterocycles. The lowest BCUT2D eigenvalue weighted by atomic mass is 9.92. The number of morpholine rings is 1. The molecule has 4 nitrogen and oxygen atoms in total. The van der Waals surface area contributed by atoms with Crippen molar-refractivity contribution in [2.45, 2.75) is 44.2 Å². The third-order valence-electron chi connectivity index (χ3n) is 5.55. The molecule has 1 saturated heterocycles. The lowest BCUT2D eigenvalue weighted by Crippen LogP contribution is -2.49. The Kier molecular flexibility index (Phi) is 3.39. The van der Waals surface area contributed by atoms with Gasteiger partial charge in [-0.2, -0.15) is 5.10 Å². The monoisotopic (exact) mass is 401 g/mol. The summed E-state index contributed by atoms with van der Waals surface area (Å²) in [5, 5.41) is 4.68. The first-order valence-electron chi connectivity index (χ1n) is 8.06. The fourth-order valence-electron chi connectivity index (χ4n) is 4.70. The molecule has 2 aliphatic carbocycles. The smallest absolute Gasteiger partial charge is 0.123 e. The second kappa shape index (κ2) is 4.93. The van der Waals surface area contributed by atoms with Crippen LogP contribution in [-0.2, 0) is 4.74 Å². The number of ether oxygens (including phenoxy) is 1. The summed E-state index contributed by atoms with van der Waals surface area (Å²) in [4.78, 5) is 2.44. The first-order chi connectivity index (χ1) is 9.99. The highest BCUT2D eigenvalue weighted by Gasteiger charge is 2.63. The van der Waals surface area contributed by atoms with E-state index >= 15 is 0 Å². The molecule has 116 valence electrons. The topological polar surface area (TPSA) is 30.3 Å². The lowest BCUT2D eigenvalue weighted by molar-refractivity contribution is -0.106. The van der Waals surface area contributed by atoms with Gasteiger partial charge in [-0.25, -0.2) is 0 Å². The fourth-order valence-corrected chi connectivity index (χ4v) is 5.26. The van der Waals surface area contributed by atoms with Crippen LogP contribution in [0.5, 0.6) is 0 Å². The van der Waals surface area contributed by atoms with Crippen LogP contribution in [0.1, 0.15) is 44.3 Å². The molecule has 5 heteroatoms. The summed E-state index contributed by atoms with van der Waals surface area (Å²) in [6.45, 7) is 7.56. The largest absolute Gasteiger partial charge is 0.372 e. The zero-order valence-corrected chi connectivity index (χ0v) is 15.2. The van der Waals surface area contributed by atoms with Gasteiger partial charge in [0.2, 0.25) is 0 Å². The van der Waals surface area contributed by atoms with E-state index in [1.54, 1.807) is 0 Å². The van der Waals surface area contributed by atoms with E-state index in [1.807, 2.05) is 0 Å². The van der Waals surface area contributed by atoms with Gasteiger partial charge in [-0.1, -0.05) is 0 Å². The van der Waals surface area contributed by atoms with Crippen molar-refractivity contribution in [3.8, 4) is 0 Å². The van der Waals surface area contributed by atoms with Crippen LogP contribution in [-0.4, -0.2) is 47.0 Å². The molecule has 0 bridgehead atoms. The average molecular weight is 401 g/mol. The maximum atomic E-state index is 6.20. The van der Waals surface area contributed by atoms with Crippen LogP contribution in [0.2, 0.25) is 0 Å². The van der Waals surface area contributed by atoms with E-state index in [0.717, 1.165) is 41.2 Å². The summed E-state index contributed by atoms with van der Waals surface area (Å²) in [6, 6.07) is 2.75. The molecule has 2 unspecified atom stereocenters. The molecule has 0 aromatic carbocycles. The quantitative estimate of drug-likeness (QED) is 0.715. The van der Waals surface area contributed by atoms with E-state index in [4.69, 9.17) is 4.74 Å². The molecule has 4 rings (SSSR count). The van der Waals surface area contributed by atoms with Crippen LogP contribution in [0.25, 0.3) is 0 Å². The molecule has 1 aromatic rings. The second-order valence-electron chi connectivity index (χ2n) is 7.46. The molecule has 2 atom stereocenters. The van der Waals surface area contributed by atoms with E-state index in [2.05, 4.69) is 64.2 Å². The number of fused-ring (bicyclic) bond motifs is 1. The minimum atomic E-state index is 0.161. The van der Waals surface area contributed by atoms with Gasteiger partial charge >= 0.3 is 0 Å². The van der Waals surface area contributed by atoms with Gasteiger partial charge in [0.25, 0.3) is 0 Å². The molecular formula is C16H24IN3O. The second-order valence-corrected chi connectivity index (χ2v) is 8.57. The van der Waals surface area contributed by atoms with Crippen molar-refractivity contribution >= 4 is 22.6 Å². The first-order valence-corrected chi connectivity index (χ1v) is 9.14. The molecule has 0 radical (unpaired) electrons. The molecule has 3 fully saturated rings. The van der Waals surface area contributed by atoms with Gasteiger partial charge in [-0.05, 0) is 74.2 Å². The predicted octanol–water partition coefficient (Wildman–Crippen LogP) is 2.89. The molecule has 3 aliphatic rings. The maximum Gasteiger partial charge on any atom is 0.123 e. The first kappa shape index (κ1) is 14.5. The summed E-state index contributed by atoms with van der Waals surface area (Å²) in [5.41, 5.74) is 1.62. The Hall–Kier alpha value is -0.140. The molecule has 1 spiro atoms. The van der Waals surface area contributed by atoms with E-state index in [-0.39, 0.29) is 5.60 Å². The van der Waals surface area contributed by atoms with Crippen LogP contribution in [0.4, 0.5) is 0 Å². The van der Waals surface area contributed by atoms with Crippen molar-refractivity contribution in [2.75, 3.05) is 26.7 Å². The molecule has 0 amide bonds. The van der Waals surface area contributed by atoms with Gasteiger partial charge in [-0.15, -0.1) is 0 Å². The van der Waals surface area contributed by atoms with Crippen LogP contribution in [0.3, 0.4) is 0 Å². The van der Waals surface area contributed by atoms with Crippen LogP contribution < -0.4 is 0 Å². The van der Waals surface area contributed by atoms with Crippen LogP contribution in [0, 0.1) is 15.5 Å². The Morgan fingerprint density at radius 3 is 2.71 bits per heavy atom. The number of aromatic nitrogens is 2. The number of halogens is 1. The summed E-state index contributed by atoms with van der Waals surface area (Å²) in [6.07, 6.45) is 2.49. The van der Waals surface area contributed by atoms with E-state index in [0.29, 0.717) is 6.04 Å². The Morgan fingerprint density at radius 2 is 2.10 bits per heavy atom. The van der Waals surface area contributed by atoms with Crippen molar-refractivity contribution in [2.24, 2.45) is 11.8 Å². The van der Waals surface area contributed by atoms with Gasteiger partial charge in [0.15, 0.2) is 0 Å². The number of rotatable bonds is 2. The SMILES string of the molecule is CC(C)n1nc(I)cc1C1C2CC3(CC21)CN(C)CCO3. The van der Waals surface area contributed by atoms with Crippen LogP contribution in [0.15, 0.2) is 6.07 Å². The molecule has 21 heavy (non-hydrogen) atoms. The Balaban J connectivity index is 1.51. The molecule has 2 heterocycles. The predicted molar refractivity (Wildman–Crippen MR) is 90.5 cm³/mol. The minimum Gasteiger partial charge on any atom is -0.372 e. The van der Waals surface area contributed by atoms with Crippen molar-refractivity contribution in [1.82, 2.24) is 14.7 Å². The summed E-state index contributed by atoms with van der Waals surface area (Å²) in [7, 11) is 2.22. The number of hydrogen-bond donors (Lipinski definition) is 0. The van der Waals surface area contributed by atoms with Crippen molar-refractivity contribution < 1.29 is 4.74 Å². The zero-order valence-electron chi connectivity index (χ0n) is 13.1. The standard InChI is InChI=1S/C16H24IN3O/c1-10(2)20-13(6-14(17)18-20)15-11-7-16(8-12(11)15)9-19(3)4-5-21-16/h6,10-12,15H,4-5,7-9H2,1-3H3. The Morgan fingerprint density at radius 1 is 1.38 bits per heavy atom. The van der Waals surface area contributed by atoms with Crippen molar-refractivity contribution in [3.63, 3.8) is 0 Å². The highest BCUT2D eigenvalue weighted by atomic mass is 127. The third-order valence-corrected chi connectivity index (χ3v) is 6.08. The number of nitrogens with zero attached hydrogens (tertiary/aromatic N) is 3. The minimum absolute atomic E-state index is 0.161. The summed E-state index contributed by atoms with van der Waals surface area (Å²) < 4.78 is 9.57. The molecule has 2 saturated carbocycles. The van der Waals surface area contributed by atoms with Crippen molar-refractivity contribution in [3.05, 3.63) is 15.5 Å². The van der Waals surface area contributed by atoms with Gasteiger partial charge in [-0.3, -0.25) is 4.68 Å². The van der Waals surface area contributed by atoms with Gasteiger partial charge < -0.3 is 9.64 Å². The summed E-state index contributed by atoms with van der Waals surface area (Å²) in [5.74, 6) is 2.37. The fraction of sp³-hybridized carbons (Fsp3) is 0.812. The maximum absolute atomic E-state index is 6.20. The summed E-state index contributed by atoms with van der Waals surface area (Å²) >= 11 is 2.34. The third kappa shape index (κ3) is 2.36. The average Bonchev–Trinajstić information content (AvgIpc) is 2.77. The van der Waals surface area contributed by atoms with E-state index in [9.17, 15) is 0 Å². The van der Waals surface area contributed by atoms with Gasteiger partial charge in [0, 0.05) is 30.7 Å². The van der Waals surface area contributed by atoms with Gasteiger partial charge in [0.1, 0.15) is 3.70 Å². The number of hydrogen-bond acceptors (Lipinski definition) is 3. The molecular weight excluding hydrogens is 377 g/mol. The highest BCUT2D eigenvalue weighted by Crippen LogP contribution is 2.67. The van der Waals surface area contributed by atoms with Crippen molar-refractivity contribution in [1.29, 1.82) is 0 Å². The molecule has 0 N–H and O–H groups in total. The highest BCUT2D eigenvalue weighted by molar-refractivity contribution is 14.1.